The highest BCUT2D eigenvalue weighted by molar-refractivity contribution is 9.11. The van der Waals surface area contributed by atoms with Gasteiger partial charge in [0, 0.05) is 27.1 Å². The zero-order valence-electron chi connectivity index (χ0n) is 13.3. The average molecular weight is 452 g/mol. The van der Waals surface area contributed by atoms with Crippen LogP contribution < -0.4 is 0 Å². The van der Waals surface area contributed by atoms with Gasteiger partial charge in [-0.15, -0.1) is 0 Å². The normalized spacial score (nSPS) is 50.2. The van der Waals surface area contributed by atoms with Gasteiger partial charge >= 0.3 is 0 Å². The van der Waals surface area contributed by atoms with Crippen molar-refractivity contribution >= 4 is 31.9 Å². The number of hydrogen-bond acceptors (Lipinski definition) is 2. The lowest BCUT2D eigenvalue weighted by atomic mass is 9.55. The van der Waals surface area contributed by atoms with E-state index in [0.29, 0.717) is 40.7 Å². The molecule has 6 aliphatic rings. The van der Waals surface area contributed by atoms with E-state index in [1.165, 1.54) is 30.2 Å². The van der Waals surface area contributed by atoms with Gasteiger partial charge in [-0.3, -0.25) is 0 Å². The first-order valence-electron chi connectivity index (χ1n) is 9.19. The van der Waals surface area contributed by atoms with Crippen molar-refractivity contribution in [1.82, 2.24) is 0 Å². The molecule has 2 aliphatic heterocycles. The molecule has 2 heterocycles. The molecule has 126 valence electrons. The van der Waals surface area contributed by atoms with Crippen LogP contribution in [0.2, 0.25) is 0 Å². The number of halogens is 2. The lowest BCUT2D eigenvalue weighted by Crippen LogP contribution is -2.57. The largest absolute Gasteiger partial charge is 0.493 e. The van der Waals surface area contributed by atoms with Gasteiger partial charge in [-0.25, -0.2) is 0 Å². The van der Waals surface area contributed by atoms with Crippen molar-refractivity contribution in [2.75, 3.05) is 0 Å². The molecule has 6 rings (SSSR count). The molecule has 8 atom stereocenters. The van der Waals surface area contributed by atoms with E-state index in [1.54, 1.807) is 5.57 Å². The van der Waals surface area contributed by atoms with E-state index in [4.69, 9.17) is 9.47 Å². The average Bonchev–Trinajstić information content (AvgIpc) is 2.61. The van der Waals surface area contributed by atoms with Gasteiger partial charge in [0.05, 0.1) is 5.92 Å². The summed E-state index contributed by atoms with van der Waals surface area (Å²) in [5.41, 5.74) is 1.54. The molecule has 0 spiro atoms. The third kappa shape index (κ3) is 1.77. The number of ether oxygens (including phenoxy) is 2. The van der Waals surface area contributed by atoms with Crippen LogP contribution in [0.4, 0.5) is 0 Å². The Hall–Kier alpha value is -0.480. The molecule has 24 heavy (non-hydrogen) atoms. The van der Waals surface area contributed by atoms with E-state index < -0.39 is 0 Å². The molecule has 2 saturated carbocycles. The Bertz CT molecular complexity index is 734. The summed E-state index contributed by atoms with van der Waals surface area (Å²) >= 11 is 7.76. The molecule has 4 aliphatic carbocycles. The van der Waals surface area contributed by atoms with Gasteiger partial charge in [0.1, 0.15) is 23.7 Å². The standard InChI is InChI=1S/C20H20Br2O2/c21-11-3-7-13-17-9(11)1-5-15-19(17)20-16(24-13)6-2-10-12(22)4-8-14(23-15)18(10)20/h1,3,5,7,9-10,12,14,16-18,20H,2,4,6,8H2. The molecular formula is C20H20Br2O2. The van der Waals surface area contributed by atoms with Crippen LogP contribution in [0.25, 0.3) is 0 Å². The monoisotopic (exact) mass is 450 g/mol. The molecule has 0 aromatic rings. The molecule has 4 heteroatoms. The van der Waals surface area contributed by atoms with Gasteiger partial charge in [0.2, 0.25) is 0 Å². The van der Waals surface area contributed by atoms with Gasteiger partial charge in [-0.2, -0.15) is 0 Å². The molecule has 0 bridgehead atoms. The maximum Gasteiger partial charge on any atom is 0.119 e. The van der Waals surface area contributed by atoms with Gasteiger partial charge < -0.3 is 9.47 Å². The van der Waals surface area contributed by atoms with E-state index >= 15 is 0 Å². The molecule has 0 aromatic heterocycles. The van der Waals surface area contributed by atoms with Gasteiger partial charge in [0.15, 0.2) is 0 Å². The second kappa shape index (κ2) is 5.03. The Balaban J connectivity index is 1.53. The molecule has 2 nitrogen and oxygen atoms in total. The topological polar surface area (TPSA) is 18.5 Å². The third-order valence-corrected chi connectivity index (χ3v) is 9.04. The van der Waals surface area contributed by atoms with Crippen LogP contribution in [-0.4, -0.2) is 17.0 Å². The van der Waals surface area contributed by atoms with Gasteiger partial charge in [-0.1, -0.05) is 37.9 Å². The predicted octanol–water partition coefficient (Wildman–Crippen LogP) is 5.22. The van der Waals surface area contributed by atoms with Crippen LogP contribution in [0.1, 0.15) is 25.7 Å². The van der Waals surface area contributed by atoms with Crippen molar-refractivity contribution < 1.29 is 9.47 Å². The fraction of sp³-hybridized carbons (Fsp3) is 0.600. The highest BCUT2D eigenvalue weighted by Crippen LogP contribution is 2.61. The Morgan fingerprint density at radius 1 is 1.00 bits per heavy atom. The van der Waals surface area contributed by atoms with E-state index in [2.05, 4.69) is 56.2 Å². The zero-order chi connectivity index (χ0) is 16.0. The number of hydrogen-bond donors (Lipinski definition) is 0. The van der Waals surface area contributed by atoms with Crippen LogP contribution in [0.3, 0.4) is 0 Å². The van der Waals surface area contributed by atoms with Crippen molar-refractivity contribution in [1.29, 1.82) is 0 Å². The van der Waals surface area contributed by atoms with Crippen molar-refractivity contribution in [3.63, 3.8) is 0 Å². The van der Waals surface area contributed by atoms with Crippen LogP contribution >= 0.6 is 31.9 Å². The Morgan fingerprint density at radius 3 is 2.79 bits per heavy atom. The number of allylic oxidation sites excluding steroid dienone is 6. The maximum absolute atomic E-state index is 6.59. The van der Waals surface area contributed by atoms with Crippen LogP contribution in [0, 0.1) is 29.6 Å². The first kappa shape index (κ1) is 14.7. The molecule has 0 radical (unpaired) electrons. The molecule has 3 fully saturated rings. The smallest absolute Gasteiger partial charge is 0.119 e. The van der Waals surface area contributed by atoms with Crippen molar-refractivity contribution in [2.24, 2.45) is 29.6 Å². The van der Waals surface area contributed by atoms with E-state index in [-0.39, 0.29) is 0 Å². The quantitative estimate of drug-likeness (QED) is 0.470. The summed E-state index contributed by atoms with van der Waals surface area (Å²) in [6.45, 7) is 0. The molecule has 1 saturated heterocycles. The fourth-order valence-electron chi connectivity index (χ4n) is 6.21. The van der Waals surface area contributed by atoms with E-state index in [9.17, 15) is 0 Å². The van der Waals surface area contributed by atoms with Crippen molar-refractivity contribution in [3.8, 4) is 0 Å². The van der Waals surface area contributed by atoms with Crippen molar-refractivity contribution in [2.45, 2.75) is 42.7 Å². The van der Waals surface area contributed by atoms with Gasteiger partial charge in [0.25, 0.3) is 0 Å². The van der Waals surface area contributed by atoms with Crippen LogP contribution in [0.15, 0.2) is 45.9 Å². The lowest BCUT2D eigenvalue weighted by molar-refractivity contribution is -0.121. The molecule has 8 unspecified atom stereocenters. The lowest BCUT2D eigenvalue weighted by Gasteiger charge is -2.58. The van der Waals surface area contributed by atoms with E-state index in [1.807, 2.05) is 0 Å². The summed E-state index contributed by atoms with van der Waals surface area (Å²) in [4.78, 5) is 0.648. The summed E-state index contributed by atoms with van der Waals surface area (Å²) in [6.07, 6.45) is 14.5. The third-order valence-electron chi connectivity index (χ3n) is 7.11. The minimum Gasteiger partial charge on any atom is -0.493 e. The Labute approximate surface area is 159 Å². The van der Waals surface area contributed by atoms with Crippen LogP contribution in [0.5, 0.6) is 0 Å². The highest BCUT2D eigenvalue weighted by Gasteiger charge is 2.59. The maximum atomic E-state index is 6.59. The number of rotatable bonds is 0. The summed E-state index contributed by atoms with van der Waals surface area (Å²) in [6, 6.07) is 0. The predicted molar refractivity (Wildman–Crippen MR) is 99.6 cm³/mol. The number of alkyl halides is 1. The SMILES string of the molecule is BrC1=CC=C2OC3CCC4C(Br)CCC5OC6=C(C2C1C=C6)C3C54. The Kier molecular flexibility index (Phi) is 3.08. The summed E-state index contributed by atoms with van der Waals surface area (Å²) in [5.74, 6) is 4.96. The Morgan fingerprint density at radius 2 is 1.88 bits per heavy atom. The molecular weight excluding hydrogens is 432 g/mol. The first-order valence-corrected chi connectivity index (χ1v) is 10.9. The molecule has 0 N–H and O–H groups in total. The van der Waals surface area contributed by atoms with Crippen LogP contribution in [-0.2, 0) is 9.47 Å². The summed E-state index contributed by atoms with van der Waals surface area (Å²) in [7, 11) is 0. The molecule has 0 amide bonds. The minimum atomic E-state index is 0.348. The second-order valence-electron chi connectivity index (χ2n) is 8.05. The van der Waals surface area contributed by atoms with E-state index in [0.717, 1.165) is 17.4 Å². The fourth-order valence-corrected chi connectivity index (χ4v) is 7.64. The van der Waals surface area contributed by atoms with Gasteiger partial charge in [-0.05, 0) is 55.4 Å². The minimum absolute atomic E-state index is 0.348. The molecule has 0 aromatic carbocycles. The highest BCUT2D eigenvalue weighted by atomic mass is 79.9. The summed E-state index contributed by atoms with van der Waals surface area (Å²) in [5, 5.41) is 0. The zero-order valence-corrected chi connectivity index (χ0v) is 16.5. The summed E-state index contributed by atoms with van der Waals surface area (Å²) < 4.78 is 14.4. The first-order chi connectivity index (χ1) is 11.7. The van der Waals surface area contributed by atoms with Crippen molar-refractivity contribution in [3.05, 3.63) is 45.9 Å². The second-order valence-corrected chi connectivity index (χ2v) is 10.1.